The van der Waals surface area contributed by atoms with Crippen molar-refractivity contribution >= 4 is 28.8 Å². The highest BCUT2D eigenvalue weighted by atomic mass is 32.1. The number of halogens is 1. The summed E-state index contributed by atoms with van der Waals surface area (Å²) in [5.74, 6) is -0.910. The molecule has 1 atom stereocenters. The van der Waals surface area contributed by atoms with Crippen molar-refractivity contribution in [2.75, 3.05) is 4.90 Å². The van der Waals surface area contributed by atoms with Crippen molar-refractivity contribution in [2.24, 2.45) is 0 Å². The van der Waals surface area contributed by atoms with E-state index in [1.165, 1.54) is 34.8 Å². The highest BCUT2D eigenvalue weighted by Gasteiger charge is 2.35. The summed E-state index contributed by atoms with van der Waals surface area (Å²) in [5.41, 5.74) is 2.03. The molecule has 0 spiro atoms. The molecule has 1 aliphatic rings. The van der Waals surface area contributed by atoms with Gasteiger partial charge in [-0.3, -0.25) is 14.5 Å². The monoisotopic (exact) mass is 464 g/mol. The second-order valence-corrected chi connectivity index (χ2v) is 9.63. The van der Waals surface area contributed by atoms with E-state index in [0.717, 1.165) is 41.7 Å². The van der Waals surface area contributed by atoms with Crippen LogP contribution in [0.5, 0.6) is 0 Å². The van der Waals surface area contributed by atoms with Crippen molar-refractivity contribution in [1.82, 2.24) is 5.32 Å². The smallest absolute Gasteiger partial charge is 0.248 e. The van der Waals surface area contributed by atoms with Crippen molar-refractivity contribution in [3.05, 3.63) is 87.9 Å². The van der Waals surface area contributed by atoms with Crippen LogP contribution in [0.25, 0.3) is 0 Å². The highest BCUT2D eigenvalue weighted by Crippen LogP contribution is 2.32. The summed E-state index contributed by atoms with van der Waals surface area (Å²) >= 11 is 1.49. The number of thiophene rings is 1. The van der Waals surface area contributed by atoms with Gasteiger partial charge in [-0.05, 0) is 60.5 Å². The fraction of sp³-hybridized carbons (Fsp3) is 0.333. The zero-order valence-electron chi connectivity index (χ0n) is 18.8. The maximum Gasteiger partial charge on any atom is 0.248 e. The van der Waals surface area contributed by atoms with Crippen LogP contribution in [0.4, 0.5) is 10.1 Å². The third-order valence-electron chi connectivity index (χ3n) is 6.20. The molecule has 172 valence electrons. The van der Waals surface area contributed by atoms with Gasteiger partial charge in [0.05, 0.1) is 6.42 Å². The van der Waals surface area contributed by atoms with E-state index in [-0.39, 0.29) is 24.3 Å². The summed E-state index contributed by atoms with van der Waals surface area (Å²) in [7, 11) is 0. The van der Waals surface area contributed by atoms with Crippen LogP contribution in [-0.2, 0) is 16.0 Å². The normalized spacial score (nSPS) is 15.1. The maximum absolute atomic E-state index is 14.3. The number of hydrogen-bond acceptors (Lipinski definition) is 3. The Bertz CT molecular complexity index is 1090. The molecule has 1 aromatic heterocycles. The van der Waals surface area contributed by atoms with Crippen LogP contribution in [0.2, 0.25) is 0 Å². The maximum atomic E-state index is 14.3. The van der Waals surface area contributed by atoms with Gasteiger partial charge in [0.2, 0.25) is 11.8 Å². The van der Waals surface area contributed by atoms with E-state index in [2.05, 4.69) is 5.32 Å². The summed E-state index contributed by atoms with van der Waals surface area (Å²) in [6.07, 6.45) is 5.38. The fourth-order valence-electron chi connectivity index (χ4n) is 4.53. The van der Waals surface area contributed by atoms with Gasteiger partial charge in [-0.15, -0.1) is 11.3 Å². The first-order chi connectivity index (χ1) is 16.0. The zero-order chi connectivity index (χ0) is 23.2. The Morgan fingerprint density at radius 2 is 1.85 bits per heavy atom. The van der Waals surface area contributed by atoms with Crippen molar-refractivity contribution < 1.29 is 14.0 Å². The lowest BCUT2D eigenvalue weighted by atomic mass is 9.93. The number of benzene rings is 2. The van der Waals surface area contributed by atoms with Gasteiger partial charge in [0.25, 0.3) is 0 Å². The van der Waals surface area contributed by atoms with Gasteiger partial charge in [-0.2, -0.15) is 0 Å². The lowest BCUT2D eigenvalue weighted by Crippen LogP contribution is -2.48. The summed E-state index contributed by atoms with van der Waals surface area (Å²) in [4.78, 5) is 29.8. The molecule has 1 aliphatic carbocycles. The zero-order valence-corrected chi connectivity index (χ0v) is 19.6. The molecule has 1 saturated carbocycles. The Hall–Kier alpha value is -2.99. The third kappa shape index (κ3) is 5.69. The molecule has 3 aromatic rings. The summed E-state index contributed by atoms with van der Waals surface area (Å²) in [5, 5.41) is 5.12. The SMILES string of the molecule is Cc1ccccc1[C@@H](C(=O)NC1CCCCC1)N(C(=O)Cc1cccs1)c1cccc(F)c1. The third-order valence-corrected chi connectivity index (χ3v) is 7.08. The van der Waals surface area contributed by atoms with E-state index >= 15 is 0 Å². The van der Waals surface area contributed by atoms with Crippen LogP contribution in [0.1, 0.15) is 54.1 Å². The van der Waals surface area contributed by atoms with Crippen molar-refractivity contribution in [2.45, 2.75) is 57.5 Å². The molecule has 0 aliphatic heterocycles. The second kappa shape index (κ2) is 10.8. The van der Waals surface area contributed by atoms with Gasteiger partial charge in [-0.1, -0.05) is 55.7 Å². The van der Waals surface area contributed by atoms with Crippen LogP contribution in [0, 0.1) is 12.7 Å². The number of carbonyl (C=O) groups is 2. The molecule has 4 rings (SSSR count). The molecular formula is C27H29FN2O2S. The Morgan fingerprint density at radius 3 is 2.55 bits per heavy atom. The summed E-state index contributed by atoms with van der Waals surface area (Å²) in [6, 6.07) is 16.5. The molecule has 6 heteroatoms. The molecule has 0 saturated heterocycles. The number of nitrogens with one attached hydrogen (secondary N) is 1. The van der Waals surface area contributed by atoms with Crippen LogP contribution in [0.3, 0.4) is 0 Å². The molecule has 1 fully saturated rings. The number of amides is 2. The number of aryl methyl sites for hydroxylation is 1. The van der Waals surface area contributed by atoms with Crippen molar-refractivity contribution in [3.63, 3.8) is 0 Å². The number of carbonyl (C=O) groups excluding carboxylic acids is 2. The number of nitrogens with zero attached hydrogens (tertiary/aromatic N) is 1. The molecule has 2 amide bonds. The predicted molar refractivity (Wildman–Crippen MR) is 131 cm³/mol. The number of rotatable bonds is 7. The predicted octanol–water partition coefficient (Wildman–Crippen LogP) is 5.96. The van der Waals surface area contributed by atoms with Crippen LogP contribution in [-0.4, -0.2) is 17.9 Å². The molecule has 1 heterocycles. The van der Waals surface area contributed by atoms with E-state index in [1.807, 2.05) is 48.7 Å². The minimum atomic E-state index is -0.887. The van der Waals surface area contributed by atoms with E-state index in [0.29, 0.717) is 5.69 Å². The Balaban J connectivity index is 1.76. The molecule has 0 bridgehead atoms. The number of hydrogen-bond donors (Lipinski definition) is 1. The van der Waals surface area contributed by atoms with E-state index in [9.17, 15) is 14.0 Å². The average molecular weight is 465 g/mol. The molecular weight excluding hydrogens is 435 g/mol. The second-order valence-electron chi connectivity index (χ2n) is 8.60. The Labute approximate surface area is 198 Å². The first kappa shape index (κ1) is 23.2. The van der Waals surface area contributed by atoms with Crippen molar-refractivity contribution in [3.8, 4) is 0 Å². The van der Waals surface area contributed by atoms with E-state index < -0.39 is 11.9 Å². The van der Waals surface area contributed by atoms with Crippen LogP contribution in [0.15, 0.2) is 66.0 Å². The molecule has 0 radical (unpaired) electrons. The average Bonchev–Trinajstić information content (AvgIpc) is 3.31. The largest absolute Gasteiger partial charge is 0.351 e. The number of anilines is 1. The van der Waals surface area contributed by atoms with Gasteiger partial charge < -0.3 is 5.32 Å². The highest BCUT2D eigenvalue weighted by molar-refractivity contribution is 7.10. The van der Waals surface area contributed by atoms with E-state index in [4.69, 9.17) is 0 Å². The topological polar surface area (TPSA) is 49.4 Å². The summed E-state index contributed by atoms with van der Waals surface area (Å²) < 4.78 is 14.3. The minimum absolute atomic E-state index is 0.0968. The first-order valence-corrected chi connectivity index (χ1v) is 12.4. The standard InChI is InChI=1S/C27H29FN2O2S/c1-19-9-5-6-15-24(19)26(27(32)29-21-11-3-2-4-12-21)30(22-13-7-10-20(28)17-22)25(31)18-23-14-8-16-33-23/h5-10,13-17,21,26H,2-4,11-12,18H2,1H3,(H,29,32)/t26-/m0/s1. The molecule has 33 heavy (non-hydrogen) atoms. The molecule has 0 unspecified atom stereocenters. The fourth-order valence-corrected chi connectivity index (χ4v) is 5.22. The quantitative estimate of drug-likeness (QED) is 0.469. The van der Waals surface area contributed by atoms with Gasteiger partial charge in [0.15, 0.2) is 0 Å². The minimum Gasteiger partial charge on any atom is -0.351 e. The lowest BCUT2D eigenvalue weighted by Gasteiger charge is -2.34. The molecule has 2 aromatic carbocycles. The van der Waals surface area contributed by atoms with Crippen LogP contribution >= 0.6 is 11.3 Å². The van der Waals surface area contributed by atoms with Gasteiger partial charge in [0.1, 0.15) is 11.9 Å². The summed E-state index contributed by atoms with van der Waals surface area (Å²) in [6.45, 7) is 1.93. The Kier molecular flexibility index (Phi) is 7.55. The van der Waals surface area contributed by atoms with Crippen molar-refractivity contribution in [1.29, 1.82) is 0 Å². The molecule has 1 N–H and O–H groups in total. The van der Waals surface area contributed by atoms with Gasteiger partial charge >= 0.3 is 0 Å². The van der Waals surface area contributed by atoms with E-state index in [1.54, 1.807) is 12.1 Å². The van der Waals surface area contributed by atoms with Gasteiger partial charge in [-0.25, -0.2) is 4.39 Å². The Morgan fingerprint density at radius 1 is 1.06 bits per heavy atom. The van der Waals surface area contributed by atoms with Gasteiger partial charge in [0, 0.05) is 16.6 Å². The molecule has 4 nitrogen and oxygen atoms in total. The van der Waals surface area contributed by atoms with Crippen LogP contribution < -0.4 is 10.2 Å². The first-order valence-electron chi connectivity index (χ1n) is 11.5. The lowest BCUT2D eigenvalue weighted by molar-refractivity contribution is -0.127.